The van der Waals surface area contributed by atoms with Crippen LogP contribution in [0.1, 0.15) is 18.4 Å². The average molecular weight is 262 g/mol. The Morgan fingerprint density at radius 3 is 2.95 bits per heavy atom. The first-order chi connectivity index (χ1) is 9.15. The van der Waals surface area contributed by atoms with E-state index in [-0.39, 0.29) is 18.2 Å². The Hall–Kier alpha value is -1.88. The standard InChI is InChI=1S/C14H18N2O3/c17-13(18)8-10-3-1-5-12(7-10)16-14(19)11-4-2-6-15-9-11/h1,3,5,7,11,15H,2,4,6,8-9H2,(H,16,19)(H,17,18)/t11-/m0/s1. The van der Waals surface area contributed by atoms with Crippen LogP contribution in [0.15, 0.2) is 24.3 Å². The van der Waals surface area contributed by atoms with Gasteiger partial charge in [-0.1, -0.05) is 12.1 Å². The van der Waals surface area contributed by atoms with Gasteiger partial charge in [0.25, 0.3) is 0 Å². The van der Waals surface area contributed by atoms with Crippen LogP contribution in [-0.2, 0) is 16.0 Å². The number of hydrogen-bond donors (Lipinski definition) is 3. The number of anilines is 1. The molecule has 0 radical (unpaired) electrons. The van der Waals surface area contributed by atoms with E-state index in [2.05, 4.69) is 10.6 Å². The molecule has 0 bridgehead atoms. The van der Waals surface area contributed by atoms with E-state index in [0.29, 0.717) is 17.8 Å². The zero-order valence-electron chi connectivity index (χ0n) is 10.7. The summed E-state index contributed by atoms with van der Waals surface area (Å²) in [6.07, 6.45) is 1.87. The monoisotopic (exact) mass is 262 g/mol. The minimum atomic E-state index is -0.875. The molecule has 1 saturated heterocycles. The summed E-state index contributed by atoms with van der Waals surface area (Å²) in [5.74, 6) is -0.878. The topological polar surface area (TPSA) is 78.4 Å². The summed E-state index contributed by atoms with van der Waals surface area (Å²) in [7, 11) is 0. The molecule has 1 aliphatic rings. The Morgan fingerprint density at radius 1 is 1.42 bits per heavy atom. The van der Waals surface area contributed by atoms with E-state index in [1.54, 1.807) is 24.3 Å². The molecule has 0 saturated carbocycles. The second-order valence-electron chi connectivity index (χ2n) is 4.80. The number of benzene rings is 1. The number of nitrogens with one attached hydrogen (secondary N) is 2. The lowest BCUT2D eigenvalue weighted by atomic mass is 9.98. The Morgan fingerprint density at radius 2 is 2.26 bits per heavy atom. The van der Waals surface area contributed by atoms with Gasteiger partial charge in [-0.05, 0) is 37.1 Å². The molecule has 0 spiro atoms. The maximum absolute atomic E-state index is 12.0. The van der Waals surface area contributed by atoms with E-state index in [9.17, 15) is 9.59 Å². The van der Waals surface area contributed by atoms with Crippen molar-refractivity contribution in [2.24, 2.45) is 5.92 Å². The lowest BCUT2D eigenvalue weighted by molar-refractivity contribution is -0.136. The van der Waals surface area contributed by atoms with Crippen LogP contribution in [0.4, 0.5) is 5.69 Å². The summed E-state index contributed by atoms with van der Waals surface area (Å²) in [5.41, 5.74) is 1.35. The normalized spacial score (nSPS) is 18.8. The molecule has 1 aliphatic heterocycles. The van der Waals surface area contributed by atoms with Crippen molar-refractivity contribution < 1.29 is 14.7 Å². The third-order valence-electron chi connectivity index (χ3n) is 3.22. The number of hydrogen-bond acceptors (Lipinski definition) is 3. The summed E-state index contributed by atoms with van der Waals surface area (Å²) in [6.45, 7) is 1.68. The number of carbonyl (C=O) groups is 2. The maximum atomic E-state index is 12.0. The van der Waals surface area contributed by atoms with Crippen molar-refractivity contribution in [1.82, 2.24) is 5.32 Å². The van der Waals surface area contributed by atoms with Gasteiger partial charge in [-0.3, -0.25) is 9.59 Å². The van der Waals surface area contributed by atoms with Gasteiger partial charge in [0.2, 0.25) is 5.91 Å². The first kappa shape index (κ1) is 13.5. The van der Waals surface area contributed by atoms with Gasteiger partial charge >= 0.3 is 5.97 Å². The van der Waals surface area contributed by atoms with Gasteiger partial charge in [0, 0.05) is 12.2 Å². The van der Waals surface area contributed by atoms with Crippen molar-refractivity contribution in [3.8, 4) is 0 Å². The van der Waals surface area contributed by atoms with Gasteiger partial charge < -0.3 is 15.7 Å². The summed E-state index contributed by atoms with van der Waals surface area (Å²) in [5, 5.41) is 14.8. The maximum Gasteiger partial charge on any atom is 0.307 e. The Kier molecular flexibility index (Phi) is 4.52. The van der Waals surface area contributed by atoms with Crippen LogP contribution in [0.3, 0.4) is 0 Å². The predicted molar refractivity (Wildman–Crippen MR) is 72.0 cm³/mol. The SMILES string of the molecule is O=C(O)Cc1cccc(NC(=O)[C@H]2CCCNC2)c1. The van der Waals surface area contributed by atoms with Crippen LogP contribution >= 0.6 is 0 Å². The minimum Gasteiger partial charge on any atom is -0.481 e. The van der Waals surface area contributed by atoms with Crippen molar-refractivity contribution in [2.75, 3.05) is 18.4 Å². The fourth-order valence-electron chi connectivity index (χ4n) is 2.25. The molecule has 1 aromatic rings. The largest absolute Gasteiger partial charge is 0.481 e. The third-order valence-corrected chi connectivity index (χ3v) is 3.22. The van der Waals surface area contributed by atoms with Crippen molar-refractivity contribution >= 4 is 17.6 Å². The van der Waals surface area contributed by atoms with Crippen LogP contribution in [0, 0.1) is 5.92 Å². The summed E-state index contributed by atoms with van der Waals surface area (Å²) in [6, 6.07) is 6.99. The number of piperidine rings is 1. The molecule has 19 heavy (non-hydrogen) atoms. The quantitative estimate of drug-likeness (QED) is 0.763. The molecule has 5 heteroatoms. The molecule has 1 atom stereocenters. The van der Waals surface area contributed by atoms with Crippen LogP contribution in [0.2, 0.25) is 0 Å². The number of amides is 1. The molecule has 1 heterocycles. The number of aliphatic carboxylic acids is 1. The second-order valence-corrected chi connectivity index (χ2v) is 4.80. The van der Waals surface area contributed by atoms with E-state index in [0.717, 1.165) is 19.4 Å². The summed E-state index contributed by atoms with van der Waals surface area (Å²) < 4.78 is 0. The minimum absolute atomic E-state index is 0.000301. The Labute approximate surface area is 112 Å². The molecule has 102 valence electrons. The van der Waals surface area contributed by atoms with Crippen molar-refractivity contribution in [1.29, 1.82) is 0 Å². The Bertz CT molecular complexity index is 468. The number of carboxylic acids is 1. The highest BCUT2D eigenvalue weighted by atomic mass is 16.4. The van der Waals surface area contributed by atoms with E-state index >= 15 is 0 Å². The predicted octanol–water partition coefficient (Wildman–Crippen LogP) is 1.25. The van der Waals surface area contributed by atoms with Gasteiger partial charge in [-0.25, -0.2) is 0 Å². The highest BCUT2D eigenvalue weighted by molar-refractivity contribution is 5.92. The van der Waals surface area contributed by atoms with E-state index in [4.69, 9.17) is 5.11 Å². The first-order valence-corrected chi connectivity index (χ1v) is 6.47. The molecule has 0 aromatic heterocycles. The highest BCUT2D eigenvalue weighted by Crippen LogP contribution is 2.15. The van der Waals surface area contributed by atoms with Crippen LogP contribution in [-0.4, -0.2) is 30.1 Å². The third kappa shape index (κ3) is 4.06. The van der Waals surface area contributed by atoms with Crippen LogP contribution in [0.25, 0.3) is 0 Å². The van der Waals surface area contributed by atoms with Gasteiger partial charge in [0.1, 0.15) is 0 Å². The fraction of sp³-hybridized carbons (Fsp3) is 0.429. The molecule has 2 rings (SSSR count). The number of carbonyl (C=O) groups excluding carboxylic acids is 1. The molecule has 1 fully saturated rings. The lowest BCUT2D eigenvalue weighted by Crippen LogP contribution is -2.37. The van der Waals surface area contributed by atoms with E-state index in [1.807, 2.05) is 0 Å². The van der Waals surface area contributed by atoms with Crippen molar-refractivity contribution in [3.63, 3.8) is 0 Å². The summed E-state index contributed by atoms with van der Waals surface area (Å²) in [4.78, 5) is 22.7. The molecule has 1 amide bonds. The number of carboxylic acid groups (broad SMARTS) is 1. The molecule has 1 aromatic carbocycles. The van der Waals surface area contributed by atoms with Gasteiger partial charge in [-0.2, -0.15) is 0 Å². The molecule has 5 nitrogen and oxygen atoms in total. The average Bonchev–Trinajstić information content (AvgIpc) is 2.39. The van der Waals surface area contributed by atoms with Crippen molar-refractivity contribution in [3.05, 3.63) is 29.8 Å². The zero-order valence-corrected chi connectivity index (χ0v) is 10.7. The smallest absolute Gasteiger partial charge is 0.307 e. The summed E-state index contributed by atoms with van der Waals surface area (Å²) >= 11 is 0. The van der Waals surface area contributed by atoms with E-state index < -0.39 is 5.97 Å². The molecular weight excluding hydrogens is 244 g/mol. The first-order valence-electron chi connectivity index (χ1n) is 6.47. The zero-order chi connectivity index (χ0) is 13.7. The lowest BCUT2D eigenvalue weighted by Gasteiger charge is -2.22. The van der Waals surface area contributed by atoms with Crippen molar-refractivity contribution in [2.45, 2.75) is 19.3 Å². The molecule has 0 aliphatic carbocycles. The van der Waals surface area contributed by atoms with Gasteiger partial charge in [0.15, 0.2) is 0 Å². The van der Waals surface area contributed by atoms with Gasteiger partial charge in [0.05, 0.1) is 12.3 Å². The fourth-order valence-corrected chi connectivity index (χ4v) is 2.25. The van der Waals surface area contributed by atoms with Crippen LogP contribution < -0.4 is 10.6 Å². The molecular formula is C14H18N2O3. The van der Waals surface area contributed by atoms with Gasteiger partial charge in [-0.15, -0.1) is 0 Å². The highest BCUT2D eigenvalue weighted by Gasteiger charge is 2.20. The van der Waals surface area contributed by atoms with Crippen LogP contribution in [0.5, 0.6) is 0 Å². The molecule has 0 unspecified atom stereocenters. The second kappa shape index (κ2) is 6.33. The number of rotatable bonds is 4. The Balaban J connectivity index is 1.97. The van der Waals surface area contributed by atoms with E-state index in [1.165, 1.54) is 0 Å². The molecule has 3 N–H and O–H groups in total.